The quantitative estimate of drug-likeness (QED) is 0.806. The third-order valence-electron chi connectivity index (χ3n) is 3.56. The minimum Gasteiger partial charge on any atom is -0.469 e. The summed E-state index contributed by atoms with van der Waals surface area (Å²) < 4.78 is 31.9. The molecule has 1 aliphatic rings. The maximum Gasteiger partial charge on any atom is 0.251 e. The van der Waals surface area contributed by atoms with Crippen LogP contribution in [0.3, 0.4) is 0 Å². The molecular formula is C16H18N2O4S. The Morgan fingerprint density at radius 2 is 1.91 bits per heavy atom. The molecule has 1 saturated carbocycles. The highest BCUT2D eigenvalue weighted by molar-refractivity contribution is 7.89. The highest BCUT2D eigenvalue weighted by Gasteiger charge is 2.27. The van der Waals surface area contributed by atoms with Gasteiger partial charge >= 0.3 is 0 Å². The van der Waals surface area contributed by atoms with Gasteiger partial charge < -0.3 is 9.73 Å². The molecule has 1 aliphatic carbocycles. The summed E-state index contributed by atoms with van der Waals surface area (Å²) in [5.74, 6) is 0.563. The third kappa shape index (κ3) is 4.20. The van der Waals surface area contributed by atoms with Gasteiger partial charge in [0.15, 0.2) is 0 Å². The Balaban J connectivity index is 1.56. The Hall–Kier alpha value is -2.12. The zero-order valence-corrected chi connectivity index (χ0v) is 13.3. The number of nitrogens with one attached hydrogen (secondary N) is 2. The van der Waals surface area contributed by atoms with Crippen molar-refractivity contribution in [3.8, 4) is 0 Å². The van der Waals surface area contributed by atoms with Gasteiger partial charge in [-0.15, -0.1) is 0 Å². The zero-order chi connectivity index (χ0) is 16.3. The van der Waals surface area contributed by atoms with Crippen molar-refractivity contribution in [2.75, 3.05) is 6.54 Å². The van der Waals surface area contributed by atoms with E-state index < -0.39 is 10.0 Å². The van der Waals surface area contributed by atoms with E-state index in [2.05, 4.69) is 10.0 Å². The van der Waals surface area contributed by atoms with Crippen molar-refractivity contribution in [1.29, 1.82) is 0 Å². The van der Waals surface area contributed by atoms with E-state index in [1.54, 1.807) is 12.3 Å². The predicted molar refractivity (Wildman–Crippen MR) is 84.5 cm³/mol. The normalized spacial score (nSPS) is 14.6. The molecule has 1 aromatic carbocycles. The minimum atomic E-state index is -3.48. The summed E-state index contributed by atoms with van der Waals surface area (Å²) in [5, 5.41) is 2.77. The van der Waals surface area contributed by atoms with Gasteiger partial charge in [-0.25, -0.2) is 13.1 Å². The van der Waals surface area contributed by atoms with Crippen LogP contribution in [0.25, 0.3) is 0 Å². The van der Waals surface area contributed by atoms with E-state index in [1.165, 1.54) is 24.3 Å². The van der Waals surface area contributed by atoms with Crippen LogP contribution in [0.2, 0.25) is 0 Å². The summed E-state index contributed by atoms with van der Waals surface area (Å²) in [6.45, 7) is 0.454. The molecule has 1 heterocycles. The Labute approximate surface area is 134 Å². The molecule has 6 nitrogen and oxygen atoms in total. The van der Waals surface area contributed by atoms with Crippen LogP contribution in [0.5, 0.6) is 0 Å². The molecule has 2 aromatic rings. The summed E-state index contributed by atoms with van der Waals surface area (Å²) in [4.78, 5) is 12.2. The first-order chi connectivity index (χ1) is 11.0. The van der Waals surface area contributed by atoms with Gasteiger partial charge in [0.05, 0.1) is 11.2 Å². The van der Waals surface area contributed by atoms with Gasteiger partial charge in [-0.05, 0) is 49.2 Å². The lowest BCUT2D eigenvalue weighted by molar-refractivity contribution is 0.0953. The fraction of sp³-hybridized carbons (Fsp3) is 0.312. The first-order valence-corrected chi connectivity index (χ1v) is 8.96. The number of carbonyl (C=O) groups excluding carboxylic acids is 1. The summed E-state index contributed by atoms with van der Waals surface area (Å²) in [6, 6.07) is 9.64. The maximum atomic E-state index is 12.0. The predicted octanol–water partition coefficient (Wildman–Crippen LogP) is 1.69. The van der Waals surface area contributed by atoms with Crippen LogP contribution >= 0.6 is 0 Å². The number of hydrogen-bond donors (Lipinski definition) is 2. The third-order valence-corrected chi connectivity index (χ3v) is 5.10. The van der Waals surface area contributed by atoms with E-state index in [1.807, 2.05) is 6.07 Å². The van der Waals surface area contributed by atoms with Crippen LogP contribution in [0.15, 0.2) is 52.0 Å². The molecule has 0 radical (unpaired) electrons. The largest absolute Gasteiger partial charge is 0.469 e. The maximum absolute atomic E-state index is 12.0. The van der Waals surface area contributed by atoms with Gasteiger partial charge in [-0.3, -0.25) is 4.79 Å². The summed E-state index contributed by atoms with van der Waals surface area (Å²) >= 11 is 0. The Bertz CT molecular complexity index is 763. The number of furan rings is 1. The number of hydrogen-bond acceptors (Lipinski definition) is 4. The van der Waals surface area contributed by atoms with Crippen LogP contribution in [0.1, 0.15) is 29.0 Å². The molecule has 0 bridgehead atoms. The van der Waals surface area contributed by atoms with Crippen molar-refractivity contribution in [3.05, 3.63) is 54.0 Å². The molecule has 0 spiro atoms. The summed E-state index contributed by atoms with van der Waals surface area (Å²) in [6.07, 6.45) is 3.97. The zero-order valence-electron chi connectivity index (χ0n) is 12.5. The van der Waals surface area contributed by atoms with Crippen molar-refractivity contribution >= 4 is 15.9 Å². The molecule has 0 saturated heterocycles. The van der Waals surface area contributed by atoms with Crippen molar-refractivity contribution in [2.45, 2.75) is 30.2 Å². The van der Waals surface area contributed by atoms with Gasteiger partial charge in [-0.2, -0.15) is 0 Å². The molecule has 1 amide bonds. The Morgan fingerprint density at radius 3 is 2.52 bits per heavy atom. The number of sulfonamides is 1. The van der Waals surface area contributed by atoms with E-state index in [4.69, 9.17) is 4.42 Å². The topological polar surface area (TPSA) is 88.4 Å². The minimum absolute atomic E-state index is 0.0598. The number of benzene rings is 1. The van der Waals surface area contributed by atoms with Gasteiger partial charge in [0.2, 0.25) is 10.0 Å². The Kier molecular flexibility index (Phi) is 4.49. The van der Waals surface area contributed by atoms with Gasteiger partial charge in [0.25, 0.3) is 5.91 Å². The van der Waals surface area contributed by atoms with Crippen molar-refractivity contribution in [1.82, 2.24) is 10.0 Å². The standard InChI is InChI=1S/C16H18N2O4S/c19-16(17-10-9-14-2-1-11-22-14)12-3-7-15(8-4-12)23(20,21)18-13-5-6-13/h1-4,7-8,11,13,18H,5-6,9-10H2,(H,17,19). The molecule has 7 heteroatoms. The van der Waals surface area contributed by atoms with Crippen LogP contribution in [0.4, 0.5) is 0 Å². The van der Waals surface area contributed by atoms with Gasteiger partial charge in [0, 0.05) is 24.6 Å². The van der Waals surface area contributed by atoms with Crippen LogP contribution in [0, 0.1) is 0 Å². The smallest absolute Gasteiger partial charge is 0.251 e. The molecular weight excluding hydrogens is 316 g/mol. The molecule has 1 fully saturated rings. The van der Waals surface area contributed by atoms with Crippen LogP contribution in [-0.2, 0) is 16.4 Å². The van der Waals surface area contributed by atoms with Crippen molar-refractivity contribution in [3.63, 3.8) is 0 Å². The lowest BCUT2D eigenvalue weighted by Crippen LogP contribution is -2.27. The second kappa shape index (κ2) is 6.55. The number of amides is 1. The second-order valence-electron chi connectivity index (χ2n) is 5.51. The fourth-order valence-electron chi connectivity index (χ4n) is 2.13. The lowest BCUT2D eigenvalue weighted by Gasteiger charge is -2.07. The van der Waals surface area contributed by atoms with Crippen molar-refractivity contribution in [2.24, 2.45) is 0 Å². The highest BCUT2D eigenvalue weighted by Crippen LogP contribution is 2.22. The monoisotopic (exact) mass is 334 g/mol. The molecule has 0 unspecified atom stereocenters. The van der Waals surface area contributed by atoms with Crippen molar-refractivity contribution < 1.29 is 17.6 Å². The van der Waals surface area contributed by atoms with Gasteiger partial charge in [0.1, 0.15) is 5.76 Å². The van der Waals surface area contributed by atoms with E-state index in [0.29, 0.717) is 18.5 Å². The second-order valence-corrected chi connectivity index (χ2v) is 7.22. The molecule has 122 valence electrons. The van der Waals surface area contributed by atoms with Crippen LogP contribution < -0.4 is 10.0 Å². The highest BCUT2D eigenvalue weighted by atomic mass is 32.2. The molecule has 3 rings (SSSR count). The number of rotatable bonds is 7. The molecule has 1 aromatic heterocycles. The van der Waals surface area contributed by atoms with Crippen LogP contribution in [-0.4, -0.2) is 26.9 Å². The summed E-state index contributed by atoms with van der Waals surface area (Å²) in [7, 11) is -3.48. The SMILES string of the molecule is O=C(NCCc1ccco1)c1ccc(S(=O)(=O)NC2CC2)cc1. The van der Waals surface area contributed by atoms with E-state index >= 15 is 0 Å². The average Bonchev–Trinajstić information content (AvgIpc) is 3.18. The number of carbonyl (C=O) groups is 1. The Morgan fingerprint density at radius 1 is 1.17 bits per heavy atom. The van der Waals surface area contributed by atoms with E-state index in [-0.39, 0.29) is 16.8 Å². The molecule has 0 atom stereocenters. The first kappa shape index (κ1) is 15.8. The summed E-state index contributed by atoms with van der Waals surface area (Å²) in [5.41, 5.74) is 0.426. The molecule has 0 aliphatic heterocycles. The first-order valence-electron chi connectivity index (χ1n) is 7.47. The van der Waals surface area contributed by atoms with E-state index in [9.17, 15) is 13.2 Å². The lowest BCUT2D eigenvalue weighted by atomic mass is 10.2. The van der Waals surface area contributed by atoms with E-state index in [0.717, 1.165) is 18.6 Å². The molecule has 23 heavy (non-hydrogen) atoms. The van der Waals surface area contributed by atoms with Gasteiger partial charge in [-0.1, -0.05) is 0 Å². The fourth-order valence-corrected chi connectivity index (χ4v) is 3.44. The average molecular weight is 334 g/mol. The molecule has 2 N–H and O–H groups in total.